The molecule has 5 heteroatoms. The fourth-order valence-corrected chi connectivity index (χ4v) is 1.56. The second kappa shape index (κ2) is 4.86. The summed E-state index contributed by atoms with van der Waals surface area (Å²) < 4.78 is 1.77. The number of nitrogens with zero attached hydrogens (tertiary/aromatic N) is 4. The van der Waals surface area contributed by atoms with Gasteiger partial charge < -0.3 is 5.32 Å². The first-order valence-electron chi connectivity index (χ1n) is 6.03. The van der Waals surface area contributed by atoms with Crippen molar-refractivity contribution in [1.82, 2.24) is 25.1 Å². The van der Waals surface area contributed by atoms with Crippen LogP contribution in [0.5, 0.6) is 0 Å². The van der Waals surface area contributed by atoms with Gasteiger partial charge in [0.15, 0.2) is 5.82 Å². The Hall–Kier alpha value is -1.75. The predicted octanol–water partition coefficient (Wildman–Crippen LogP) is 1.86. The third-order valence-corrected chi connectivity index (χ3v) is 2.51. The average Bonchev–Trinajstić information content (AvgIpc) is 2.73. The van der Waals surface area contributed by atoms with Crippen LogP contribution >= 0.6 is 0 Å². The van der Waals surface area contributed by atoms with Crippen LogP contribution in [0, 0.1) is 6.92 Å². The van der Waals surface area contributed by atoms with Gasteiger partial charge in [-0.1, -0.05) is 0 Å². The minimum absolute atomic E-state index is 0.0524. The zero-order valence-corrected chi connectivity index (χ0v) is 11.3. The molecule has 0 saturated carbocycles. The van der Waals surface area contributed by atoms with Crippen LogP contribution in [0.2, 0.25) is 0 Å². The summed E-state index contributed by atoms with van der Waals surface area (Å²) in [5, 5.41) is 7.63. The van der Waals surface area contributed by atoms with E-state index in [1.165, 1.54) is 0 Å². The highest BCUT2D eigenvalue weighted by molar-refractivity contribution is 5.26. The molecule has 0 aliphatic heterocycles. The van der Waals surface area contributed by atoms with E-state index >= 15 is 0 Å². The second-order valence-corrected chi connectivity index (χ2v) is 5.38. The summed E-state index contributed by atoms with van der Waals surface area (Å²) >= 11 is 0. The van der Waals surface area contributed by atoms with Gasteiger partial charge in [-0.05, 0) is 45.4 Å². The van der Waals surface area contributed by atoms with Gasteiger partial charge in [-0.15, -0.1) is 0 Å². The van der Waals surface area contributed by atoms with Gasteiger partial charge in [0.05, 0.1) is 6.54 Å². The standard InChI is InChI=1S/C13H19N5/c1-10-5-6-14-11(7-10)18-12(15-9-17-18)8-16-13(2,3)4/h5-7,9,16H,8H2,1-4H3. The lowest BCUT2D eigenvalue weighted by molar-refractivity contribution is 0.415. The number of pyridine rings is 1. The molecule has 0 fully saturated rings. The summed E-state index contributed by atoms with van der Waals surface area (Å²) in [7, 11) is 0. The lowest BCUT2D eigenvalue weighted by atomic mass is 10.1. The third kappa shape index (κ3) is 3.13. The summed E-state index contributed by atoms with van der Waals surface area (Å²) in [5.74, 6) is 1.67. The zero-order chi connectivity index (χ0) is 13.2. The minimum atomic E-state index is 0.0524. The van der Waals surface area contributed by atoms with Crippen molar-refractivity contribution in [1.29, 1.82) is 0 Å². The van der Waals surface area contributed by atoms with Crippen LogP contribution in [0.25, 0.3) is 5.82 Å². The minimum Gasteiger partial charge on any atom is -0.305 e. The maximum absolute atomic E-state index is 4.32. The Morgan fingerprint density at radius 1 is 1.28 bits per heavy atom. The molecule has 96 valence electrons. The van der Waals surface area contributed by atoms with Crippen LogP contribution < -0.4 is 5.32 Å². The van der Waals surface area contributed by atoms with E-state index < -0.39 is 0 Å². The Morgan fingerprint density at radius 3 is 2.72 bits per heavy atom. The predicted molar refractivity (Wildman–Crippen MR) is 70.5 cm³/mol. The molecule has 2 aromatic rings. The highest BCUT2D eigenvalue weighted by Gasteiger charge is 2.12. The molecule has 0 spiro atoms. The van der Waals surface area contributed by atoms with Crippen LogP contribution in [0.4, 0.5) is 0 Å². The molecule has 18 heavy (non-hydrogen) atoms. The maximum atomic E-state index is 4.32. The van der Waals surface area contributed by atoms with Crippen molar-refractivity contribution < 1.29 is 0 Å². The molecule has 2 rings (SSSR count). The van der Waals surface area contributed by atoms with Gasteiger partial charge in [0.2, 0.25) is 0 Å². The van der Waals surface area contributed by atoms with Crippen molar-refractivity contribution in [3.63, 3.8) is 0 Å². The molecule has 5 nitrogen and oxygen atoms in total. The number of hydrogen-bond acceptors (Lipinski definition) is 4. The number of nitrogens with one attached hydrogen (secondary N) is 1. The van der Waals surface area contributed by atoms with Crippen LogP contribution in [0.3, 0.4) is 0 Å². The van der Waals surface area contributed by atoms with Crippen molar-refractivity contribution >= 4 is 0 Å². The molecule has 0 aliphatic rings. The van der Waals surface area contributed by atoms with E-state index in [1.807, 2.05) is 19.1 Å². The molecule has 0 radical (unpaired) electrons. The molecular weight excluding hydrogens is 226 g/mol. The first-order chi connectivity index (χ1) is 8.46. The molecule has 0 unspecified atom stereocenters. The van der Waals surface area contributed by atoms with E-state index in [-0.39, 0.29) is 5.54 Å². The van der Waals surface area contributed by atoms with Crippen LogP contribution in [-0.4, -0.2) is 25.3 Å². The van der Waals surface area contributed by atoms with Crippen molar-refractivity contribution in [3.8, 4) is 5.82 Å². The molecule has 2 aromatic heterocycles. The highest BCUT2D eigenvalue weighted by atomic mass is 15.4. The van der Waals surface area contributed by atoms with Crippen molar-refractivity contribution in [2.75, 3.05) is 0 Å². The Kier molecular flexibility index (Phi) is 3.43. The Balaban J connectivity index is 2.23. The van der Waals surface area contributed by atoms with E-state index in [9.17, 15) is 0 Å². The van der Waals surface area contributed by atoms with E-state index in [2.05, 4.69) is 41.2 Å². The van der Waals surface area contributed by atoms with Crippen LogP contribution in [-0.2, 0) is 6.54 Å². The van der Waals surface area contributed by atoms with E-state index in [4.69, 9.17) is 0 Å². The molecule has 0 amide bonds. The number of rotatable bonds is 3. The van der Waals surface area contributed by atoms with Crippen molar-refractivity contribution in [2.45, 2.75) is 39.8 Å². The first kappa shape index (κ1) is 12.7. The number of hydrogen-bond donors (Lipinski definition) is 1. The topological polar surface area (TPSA) is 55.6 Å². The smallest absolute Gasteiger partial charge is 0.155 e. The van der Waals surface area contributed by atoms with Crippen LogP contribution in [0.15, 0.2) is 24.7 Å². The normalized spacial score (nSPS) is 11.8. The van der Waals surface area contributed by atoms with Gasteiger partial charge in [0, 0.05) is 11.7 Å². The molecule has 1 N–H and O–H groups in total. The van der Waals surface area contributed by atoms with Gasteiger partial charge >= 0.3 is 0 Å². The van der Waals surface area contributed by atoms with Crippen LogP contribution in [0.1, 0.15) is 32.2 Å². The summed E-state index contributed by atoms with van der Waals surface area (Å²) in [6.45, 7) is 9.07. The van der Waals surface area contributed by atoms with Gasteiger partial charge in [-0.3, -0.25) is 0 Å². The molecule has 0 bridgehead atoms. The summed E-state index contributed by atoms with van der Waals surface area (Å²) in [4.78, 5) is 8.59. The lowest BCUT2D eigenvalue weighted by Gasteiger charge is -2.20. The largest absolute Gasteiger partial charge is 0.305 e. The third-order valence-electron chi connectivity index (χ3n) is 2.51. The molecular formula is C13H19N5. The maximum Gasteiger partial charge on any atom is 0.155 e. The Morgan fingerprint density at radius 2 is 2.06 bits per heavy atom. The average molecular weight is 245 g/mol. The fourth-order valence-electron chi connectivity index (χ4n) is 1.56. The summed E-state index contributed by atoms with van der Waals surface area (Å²) in [6, 6.07) is 3.96. The van der Waals surface area contributed by atoms with Crippen molar-refractivity contribution in [2.24, 2.45) is 0 Å². The SMILES string of the molecule is Cc1ccnc(-n2ncnc2CNC(C)(C)C)c1. The molecule has 0 saturated heterocycles. The number of aryl methyl sites for hydroxylation is 1. The quantitative estimate of drug-likeness (QED) is 0.896. The molecule has 2 heterocycles. The molecule has 0 atom stereocenters. The van der Waals surface area contributed by atoms with Crippen molar-refractivity contribution in [3.05, 3.63) is 36.0 Å². The summed E-state index contributed by atoms with van der Waals surface area (Å²) in [6.07, 6.45) is 3.34. The monoisotopic (exact) mass is 245 g/mol. The van der Waals surface area contributed by atoms with E-state index in [0.717, 1.165) is 17.2 Å². The highest BCUT2D eigenvalue weighted by Crippen LogP contribution is 2.08. The lowest BCUT2D eigenvalue weighted by Crippen LogP contribution is -2.36. The molecule has 0 aromatic carbocycles. The Labute approximate surface area is 107 Å². The van der Waals surface area contributed by atoms with Gasteiger partial charge in [0.1, 0.15) is 12.2 Å². The first-order valence-corrected chi connectivity index (χ1v) is 6.03. The van der Waals surface area contributed by atoms with Gasteiger partial charge in [0.25, 0.3) is 0 Å². The second-order valence-electron chi connectivity index (χ2n) is 5.38. The zero-order valence-electron chi connectivity index (χ0n) is 11.3. The molecule has 0 aliphatic carbocycles. The van der Waals surface area contributed by atoms with E-state index in [1.54, 1.807) is 17.2 Å². The van der Waals surface area contributed by atoms with Gasteiger partial charge in [-0.2, -0.15) is 9.78 Å². The van der Waals surface area contributed by atoms with Gasteiger partial charge in [-0.25, -0.2) is 9.97 Å². The van der Waals surface area contributed by atoms with E-state index in [0.29, 0.717) is 6.54 Å². The fraction of sp³-hybridized carbons (Fsp3) is 0.462. The summed E-state index contributed by atoms with van der Waals surface area (Å²) in [5.41, 5.74) is 1.21. The Bertz CT molecular complexity index is 524. The number of aromatic nitrogens is 4.